The van der Waals surface area contributed by atoms with Crippen molar-refractivity contribution in [3.8, 4) is 5.75 Å². The van der Waals surface area contributed by atoms with Crippen LogP contribution in [0.5, 0.6) is 5.75 Å². The van der Waals surface area contributed by atoms with E-state index in [9.17, 15) is 9.59 Å². The molecule has 0 aromatic heterocycles. The number of nitrogens with zero attached hydrogens (tertiary/aromatic N) is 3. The molecule has 2 aliphatic heterocycles. The van der Waals surface area contributed by atoms with Crippen LogP contribution < -0.4 is 4.74 Å². The molecule has 0 aliphatic carbocycles. The Balaban J connectivity index is 1.40. The van der Waals surface area contributed by atoms with Crippen LogP contribution in [0.2, 0.25) is 5.02 Å². The number of carbonyl (C=O) groups is 2. The highest BCUT2D eigenvalue weighted by atomic mass is 35.5. The Bertz CT molecular complexity index is 647. The summed E-state index contributed by atoms with van der Waals surface area (Å²) in [6.07, 6.45) is 0.280. The van der Waals surface area contributed by atoms with Crippen LogP contribution in [0.4, 0.5) is 0 Å². The number of amides is 2. The van der Waals surface area contributed by atoms with Gasteiger partial charge in [-0.25, -0.2) is 0 Å². The summed E-state index contributed by atoms with van der Waals surface area (Å²) in [5.41, 5.74) is 0. The average Bonchev–Trinajstić information content (AvgIpc) is 2.96. The standard InChI is InChI=1S/C19H26ClN3O4/c1-26-12-11-23-18(24)14-17(19(23)25)22-8-6-21(7-9-22)10-13-27-16-4-2-15(20)3-5-16/h2-5,17H,6-14H2,1H3/t17-/m0/s1. The number of benzene rings is 1. The van der Waals surface area contributed by atoms with Crippen molar-refractivity contribution < 1.29 is 19.1 Å². The first-order valence-electron chi connectivity index (χ1n) is 9.26. The second-order valence-corrected chi connectivity index (χ2v) is 7.21. The third-order valence-electron chi connectivity index (χ3n) is 5.08. The van der Waals surface area contributed by atoms with E-state index in [0.29, 0.717) is 24.8 Å². The lowest BCUT2D eigenvalue weighted by Gasteiger charge is -2.36. The zero-order valence-electron chi connectivity index (χ0n) is 15.6. The van der Waals surface area contributed by atoms with Gasteiger partial charge in [0.2, 0.25) is 11.8 Å². The highest BCUT2D eigenvalue weighted by Crippen LogP contribution is 2.20. The molecule has 0 saturated carbocycles. The Kier molecular flexibility index (Phi) is 7.07. The lowest BCUT2D eigenvalue weighted by Crippen LogP contribution is -2.53. The van der Waals surface area contributed by atoms with Crippen LogP contribution in [-0.4, -0.2) is 92.1 Å². The van der Waals surface area contributed by atoms with Crippen molar-refractivity contribution in [1.29, 1.82) is 0 Å². The van der Waals surface area contributed by atoms with Crippen molar-refractivity contribution in [2.24, 2.45) is 0 Å². The Morgan fingerprint density at radius 3 is 2.41 bits per heavy atom. The zero-order chi connectivity index (χ0) is 19.2. The number of halogens is 1. The van der Waals surface area contributed by atoms with Gasteiger partial charge >= 0.3 is 0 Å². The molecular formula is C19H26ClN3O4. The van der Waals surface area contributed by atoms with E-state index in [4.69, 9.17) is 21.1 Å². The molecule has 148 valence electrons. The van der Waals surface area contributed by atoms with Crippen molar-refractivity contribution >= 4 is 23.4 Å². The van der Waals surface area contributed by atoms with E-state index in [-0.39, 0.29) is 24.3 Å². The summed E-state index contributed by atoms with van der Waals surface area (Å²) in [6, 6.07) is 7.02. The number of carbonyl (C=O) groups excluding carboxylic acids is 2. The molecule has 2 amide bonds. The van der Waals surface area contributed by atoms with Gasteiger partial charge in [-0.3, -0.25) is 24.3 Å². The van der Waals surface area contributed by atoms with Crippen molar-refractivity contribution in [3.63, 3.8) is 0 Å². The van der Waals surface area contributed by atoms with E-state index in [2.05, 4.69) is 9.80 Å². The summed E-state index contributed by atoms with van der Waals surface area (Å²) >= 11 is 5.87. The maximum atomic E-state index is 12.5. The summed E-state index contributed by atoms with van der Waals surface area (Å²) in [7, 11) is 1.57. The molecule has 0 spiro atoms. The molecule has 1 aromatic rings. The van der Waals surface area contributed by atoms with Crippen molar-refractivity contribution in [1.82, 2.24) is 14.7 Å². The molecule has 0 radical (unpaired) electrons. The third kappa shape index (κ3) is 5.19. The number of likely N-dealkylation sites (tertiary alicyclic amines) is 1. The summed E-state index contributed by atoms with van der Waals surface area (Å²) < 4.78 is 10.7. The molecule has 3 rings (SSSR count). The molecule has 1 atom stereocenters. The number of ether oxygens (including phenoxy) is 2. The first kappa shape index (κ1) is 20.1. The summed E-state index contributed by atoms with van der Waals surface area (Å²) in [5, 5.41) is 0.694. The molecule has 2 fully saturated rings. The highest BCUT2D eigenvalue weighted by Gasteiger charge is 2.42. The van der Waals surface area contributed by atoms with Gasteiger partial charge in [0, 0.05) is 44.9 Å². The molecular weight excluding hydrogens is 370 g/mol. The van der Waals surface area contributed by atoms with Crippen LogP contribution in [0.1, 0.15) is 6.42 Å². The maximum absolute atomic E-state index is 12.5. The van der Waals surface area contributed by atoms with Crippen LogP contribution in [0.15, 0.2) is 24.3 Å². The summed E-state index contributed by atoms with van der Waals surface area (Å²) in [6.45, 7) is 5.44. The monoisotopic (exact) mass is 395 g/mol. The molecule has 0 unspecified atom stereocenters. The fourth-order valence-electron chi connectivity index (χ4n) is 3.49. The minimum atomic E-state index is -0.318. The van der Waals surface area contributed by atoms with E-state index in [1.54, 1.807) is 7.11 Å². The highest BCUT2D eigenvalue weighted by molar-refractivity contribution is 6.30. The molecule has 7 nitrogen and oxygen atoms in total. The van der Waals surface area contributed by atoms with E-state index < -0.39 is 0 Å². The van der Waals surface area contributed by atoms with Crippen LogP contribution in [0.25, 0.3) is 0 Å². The van der Waals surface area contributed by atoms with E-state index in [0.717, 1.165) is 38.5 Å². The molecule has 8 heteroatoms. The molecule has 2 heterocycles. The largest absolute Gasteiger partial charge is 0.492 e. The van der Waals surface area contributed by atoms with E-state index in [1.807, 2.05) is 24.3 Å². The molecule has 27 heavy (non-hydrogen) atoms. The SMILES string of the molecule is COCCN1C(=O)C[C@H](N2CCN(CCOc3ccc(Cl)cc3)CC2)C1=O. The van der Waals surface area contributed by atoms with Crippen molar-refractivity contribution in [2.45, 2.75) is 12.5 Å². The van der Waals surface area contributed by atoms with Crippen LogP contribution in [0.3, 0.4) is 0 Å². The lowest BCUT2D eigenvalue weighted by atomic mass is 10.2. The van der Waals surface area contributed by atoms with Gasteiger partial charge in [-0.15, -0.1) is 0 Å². The van der Waals surface area contributed by atoms with Crippen molar-refractivity contribution in [2.75, 3.05) is 59.6 Å². The van der Waals surface area contributed by atoms with Gasteiger partial charge in [-0.05, 0) is 24.3 Å². The molecule has 1 aromatic carbocycles. The van der Waals surface area contributed by atoms with Crippen LogP contribution in [-0.2, 0) is 14.3 Å². The van der Waals surface area contributed by atoms with Gasteiger partial charge in [0.15, 0.2) is 0 Å². The van der Waals surface area contributed by atoms with Crippen molar-refractivity contribution in [3.05, 3.63) is 29.3 Å². The number of imide groups is 1. The second-order valence-electron chi connectivity index (χ2n) is 6.78. The van der Waals surface area contributed by atoms with Gasteiger partial charge in [0.05, 0.1) is 25.6 Å². The maximum Gasteiger partial charge on any atom is 0.247 e. The minimum Gasteiger partial charge on any atom is -0.492 e. The predicted molar refractivity (Wildman–Crippen MR) is 102 cm³/mol. The Morgan fingerprint density at radius 2 is 1.74 bits per heavy atom. The first-order valence-corrected chi connectivity index (χ1v) is 9.64. The van der Waals surface area contributed by atoms with Crippen LogP contribution >= 0.6 is 11.6 Å². The van der Waals surface area contributed by atoms with Gasteiger partial charge < -0.3 is 9.47 Å². The molecule has 0 N–H and O–H groups in total. The number of hydrogen-bond donors (Lipinski definition) is 0. The van der Waals surface area contributed by atoms with Gasteiger partial charge in [-0.2, -0.15) is 0 Å². The van der Waals surface area contributed by atoms with Gasteiger partial charge in [0.25, 0.3) is 0 Å². The van der Waals surface area contributed by atoms with E-state index >= 15 is 0 Å². The topological polar surface area (TPSA) is 62.3 Å². The minimum absolute atomic E-state index is 0.0865. The summed E-state index contributed by atoms with van der Waals surface area (Å²) in [4.78, 5) is 30.4. The smallest absolute Gasteiger partial charge is 0.247 e. The summed E-state index contributed by atoms with van der Waals surface area (Å²) in [5.74, 6) is 0.627. The molecule has 2 saturated heterocycles. The van der Waals surface area contributed by atoms with E-state index in [1.165, 1.54) is 4.90 Å². The fourth-order valence-corrected chi connectivity index (χ4v) is 3.62. The normalized spacial score (nSPS) is 21.9. The number of piperazine rings is 1. The lowest BCUT2D eigenvalue weighted by molar-refractivity contribution is -0.140. The quantitative estimate of drug-likeness (QED) is 0.614. The second kappa shape index (κ2) is 9.50. The third-order valence-corrected chi connectivity index (χ3v) is 5.33. The fraction of sp³-hybridized carbons (Fsp3) is 0.579. The predicted octanol–water partition coefficient (Wildman–Crippen LogP) is 1.11. The van der Waals surface area contributed by atoms with Gasteiger partial charge in [-0.1, -0.05) is 11.6 Å². The average molecular weight is 396 g/mol. The Labute approximate surface area is 164 Å². The Hall–Kier alpha value is -1.67. The molecule has 0 bridgehead atoms. The number of rotatable bonds is 8. The van der Waals surface area contributed by atoms with Gasteiger partial charge in [0.1, 0.15) is 12.4 Å². The number of hydrogen-bond acceptors (Lipinski definition) is 6. The Morgan fingerprint density at radius 1 is 1.04 bits per heavy atom. The molecule has 2 aliphatic rings. The van der Waals surface area contributed by atoms with Crippen LogP contribution in [0, 0.1) is 0 Å². The first-order chi connectivity index (χ1) is 13.1. The zero-order valence-corrected chi connectivity index (χ0v) is 16.4. The number of methoxy groups -OCH3 is 1.